The lowest BCUT2D eigenvalue weighted by molar-refractivity contribution is -0.0422. The fourth-order valence-electron chi connectivity index (χ4n) is 6.44. The highest BCUT2D eigenvalue weighted by Crippen LogP contribution is 2.66. The Hall–Kier alpha value is -1.32. The Kier molecular flexibility index (Phi) is 5.97. The minimum Gasteiger partial charge on any atom is -0.314 e. The summed E-state index contributed by atoms with van der Waals surface area (Å²) in [6, 6.07) is 4.49. The lowest BCUT2D eigenvalue weighted by Crippen LogP contribution is -2.43. The molecule has 2 N–H and O–H groups in total. The zero-order valence-corrected chi connectivity index (χ0v) is 19.9. The molecule has 0 radical (unpaired) electrons. The Balaban J connectivity index is 1.19. The first-order chi connectivity index (χ1) is 15.6. The largest absolute Gasteiger partial charge is 0.314 e. The zero-order valence-electron chi connectivity index (χ0n) is 19.1. The number of halogens is 3. The third-order valence-electron chi connectivity index (χ3n) is 8.38. The molecule has 33 heavy (non-hydrogen) atoms. The molecule has 2 aliphatic heterocycles. The molecule has 0 aromatic heterocycles. The number of rotatable bonds is 9. The van der Waals surface area contributed by atoms with Crippen LogP contribution in [0.4, 0.5) is 18.9 Å². The van der Waals surface area contributed by atoms with E-state index in [0.29, 0.717) is 42.5 Å². The Morgan fingerprint density at radius 2 is 1.94 bits per heavy atom. The average Bonchev–Trinajstić information content (AvgIpc) is 3.65. The summed E-state index contributed by atoms with van der Waals surface area (Å²) in [5.74, 6) is -2.11. The van der Waals surface area contributed by atoms with Gasteiger partial charge in [0.25, 0.3) is 5.92 Å². The predicted molar refractivity (Wildman–Crippen MR) is 123 cm³/mol. The van der Waals surface area contributed by atoms with Gasteiger partial charge in [0.1, 0.15) is 5.82 Å². The van der Waals surface area contributed by atoms with Crippen molar-refractivity contribution in [2.24, 2.45) is 11.8 Å². The minimum absolute atomic E-state index is 0.0716. The van der Waals surface area contributed by atoms with E-state index in [1.54, 1.807) is 6.07 Å². The first-order valence-electron chi connectivity index (χ1n) is 12.3. The lowest BCUT2D eigenvalue weighted by Gasteiger charge is -2.31. The van der Waals surface area contributed by atoms with Gasteiger partial charge in [-0.3, -0.25) is 4.72 Å². The molecule has 2 saturated heterocycles. The van der Waals surface area contributed by atoms with E-state index in [4.69, 9.17) is 0 Å². The summed E-state index contributed by atoms with van der Waals surface area (Å²) >= 11 is 0. The maximum absolute atomic E-state index is 14.9. The number of nitrogens with zero attached hydrogens (tertiary/aromatic N) is 1. The molecule has 184 valence electrons. The molecule has 2 heterocycles. The molecule has 2 saturated carbocycles. The summed E-state index contributed by atoms with van der Waals surface area (Å²) in [6.07, 6.45) is 3.66. The fraction of sp³-hybridized carbons (Fsp3) is 0.750. The molecule has 4 atom stereocenters. The normalized spacial score (nSPS) is 33.6. The van der Waals surface area contributed by atoms with Gasteiger partial charge in [-0.05, 0) is 74.2 Å². The molecule has 0 amide bonds. The van der Waals surface area contributed by atoms with Crippen molar-refractivity contribution >= 4 is 15.7 Å². The second-order valence-electron chi connectivity index (χ2n) is 10.5. The van der Waals surface area contributed by atoms with Crippen molar-refractivity contribution in [2.75, 3.05) is 30.9 Å². The Morgan fingerprint density at radius 3 is 2.58 bits per heavy atom. The van der Waals surface area contributed by atoms with Gasteiger partial charge in [0.15, 0.2) is 0 Å². The molecule has 4 fully saturated rings. The summed E-state index contributed by atoms with van der Waals surface area (Å²) in [5.41, 5.74) is 0.836. The Morgan fingerprint density at radius 1 is 1.21 bits per heavy atom. The van der Waals surface area contributed by atoms with Gasteiger partial charge >= 0.3 is 0 Å². The van der Waals surface area contributed by atoms with Gasteiger partial charge in [-0.2, -0.15) is 0 Å². The van der Waals surface area contributed by atoms with Gasteiger partial charge < -0.3 is 10.2 Å². The smallest absolute Gasteiger partial charge is 0.250 e. The number of likely N-dealkylation sites (tertiary alicyclic amines) is 1. The first-order valence-corrected chi connectivity index (χ1v) is 13.8. The van der Waals surface area contributed by atoms with Crippen LogP contribution in [0.25, 0.3) is 0 Å². The number of fused-ring (bicyclic) bond motifs is 1. The SMILES string of the molecule is CCC1(c2cc(NS(=O)(=O)C3CC3)ccc2F)[C@@H]2CN(CCCC3CC(F)(F)CCN3)C[C@@H]21. The second kappa shape index (κ2) is 8.41. The zero-order chi connectivity index (χ0) is 23.4. The van der Waals surface area contributed by atoms with Crippen LogP contribution in [-0.2, 0) is 15.4 Å². The molecule has 1 aromatic carbocycles. The van der Waals surface area contributed by atoms with Crippen LogP contribution in [0.3, 0.4) is 0 Å². The van der Waals surface area contributed by atoms with E-state index in [1.165, 1.54) is 12.1 Å². The summed E-state index contributed by atoms with van der Waals surface area (Å²) in [4.78, 5) is 2.38. The summed E-state index contributed by atoms with van der Waals surface area (Å²) in [5, 5.41) is 2.89. The van der Waals surface area contributed by atoms with Crippen molar-refractivity contribution in [2.45, 2.75) is 74.5 Å². The van der Waals surface area contributed by atoms with Crippen LogP contribution < -0.4 is 10.0 Å². The van der Waals surface area contributed by atoms with Gasteiger partial charge in [0.05, 0.1) is 5.25 Å². The standard InChI is InChI=1S/C24H34F3N3O2S/c1-2-24(19-12-16(5-8-22(19)25)29-33(31,32)18-6-7-18)20-14-30(15-21(20)24)11-3-4-17-13-23(26,27)9-10-28-17/h5,8,12,17-18,20-21,28-29H,2-4,6-7,9-11,13-15H2,1H3/t17?,20-,21+,24?. The number of sulfonamides is 1. The van der Waals surface area contributed by atoms with Crippen LogP contribution in [0.1, 0.15) is 57.4 Å². The number of benzene rings is 1. The van der Waals surface area contributed by atoms with Crippen molar-refractivity contribution in [1.29, 1.82) is 0 Å². The maximum atomic E-state index is 14.9. The highest BCUT2D eigenvalue weighted by atomic mass is 32.2. The van der Waals surface area contributed by atoms with Crippen LogP contribution in [0, 0.1) is 17.7 Å². The van der Waals surface area contributed by atoms with Crippen LogP contribution >= 0.6 is 0 Å². The molecule has 0 bridgehead atoms. The summed E-state index contributed by atoms with van der Waals surface area (Å²) in [7, 11) is -3.39. The molecule has 2 unspecified atom stereocenters. The number of hydrogen-bond acceptors (Lipinski definition) is 4. The molecule has 4 aliphatic rings. The van der Waals surface area contributed by atoms with E-state index < -0.39 is 15.9 Å². The Bertz CT molecular complexity index is 987. The quantitative estimate of drug-likeness (QED) is 0.553. The highest BCUT2D eigenvalue weighted by molar-refractivity contribution is 7.93. The predicted octanol–water partition coefficient (Wildman–Crippen LogP) is 4.11. The van der Waals surface area contributed by atoms with Crippen molar-refractivity contribution < 1.29 is 21.6 Å². The highest BCUT2D eigenvalue weighted by Gasteiger charge is 2.68. The van der Waals surface area contributed by atoms with Crippen LogP contribution in [0.15, 0.2) is 18.2 Å². The average molecular weight is 486 g/mol. The van der Waals surface area contributed by atoms with Crippen LogP contribution in [0.2, 0.25) is 0 Å². The fourth-order valence-corrected chi connectivity index (χ4v) is 7.82. The number of anilines is 1. The lowest BCUT2D eigenvalue weighted by atomic mass is 9.86. The Labute approximate surface area is 194 Å². The molecule has 9 heteroatoms. The van der Waals surface area contributed by atoms with Crippen LogP contribution in [-0.4, -0.2) is 56.7 Å². The summed E-state index contributed by atoms with van der Waals surface area (Å²) < 4.78 is 69.4. The van der Waals surface area contributed by atoms with Crippen LogP contribution in [0.5, 0.6) is 0 Å². The molecular weight excluding hydrogens is 451 g/mol. The molecule has 1 aromatic rings. The monoisotopic (exact) mass is 485 g/mol. The van der Waals surface area contributed by atoms with Crippen molar-refractivity contribution in [1.82, 2.24) is 10.2 Å². The van der Waals surface area contributed by atoms with Gasteiger partial charge in [0.2, 0.25) is 10.0 Å². The van der Waals surface area contributed by atoms with Gasteiger partial charge in [-0.15, -0.1) is 0 Å². The van der Waals surface area contributed by atoms with E-state index in [-0.39, 0.29) is 35.4 Å². The number of nitrogens with one attached hydrogen (secondary N) is 2. The number of hydrogen-bond donors (Lipinski definition) is 2. The van der Waals surface area contributed by atoms with Gasteiger partial charge in [-0.25, -0.2) is 21.6 Å². The molecule has 0 spiro atoms. The number of piperidine rings is 2. The minimum atomic E-state index is -3.39. The van der Waals surface area contributed by atoms with Crippen molar-refractivity contribution in [3.05, 3.63) is 29.6 Å². The summed E-state index contributed by atoms with van der Waals surface area (Å²) in [6.45, 7) is 5.10. The second-order valence-corrected chi connectivity index (χ2v) is 12.5. The molecule has 2 aliphatic carbocycles. The molecule has 5 rings (SSSR count). The van der Waals surface area contributed by atoms with E-state index in [1.807, 2.05) is 0 Å². The first kappa shape index (κ1) is 23.4. The van der Waals surface area contributed by atoms with E-state index in [2.05, 4.69) is 21.9 Å². The third kappa shape index (κ3) is 4.52. The van der Waals surface area contributed by atoms with Crippen molar-refractivity contribution in [3.63, 3.8) is 0 Å². The maximum Gasteiger partial charge on any atom is 0.250 e. The van der Waals surface area contributed by atoms with Gasteiger partial charge in [0, 0.05) is 49.6 Å². The van der Waals surface area contributed by atoms with Crippen molar-refractivity contribution in [3.8, 4) is 0 Å². The van der Waals surface area contributed by atoms with Gasteiger partial charge in [-0.1, -0.05) is 6.92 Å². The van der Waals surface area contributed by atoms with E-state index >= 15 is 0 Å². The molecular formula is C24H34F3N3O2S. The third-order valence-corrected chi connectivity index (χ3v) is 10.3. The molecule has 5 nitrogen and oxygen atoms in total. The topological polar surface area (TPSA) is 61.4 Å². The van der Waals surface area contributed by atoms with E-state index in [0.717, 1.165) is 38.9 Å². The number of alkyl halides is 2. The van der Waals surface area contributed by atoms with E-state index in [9.17, 15) is 21.6 Å².